The van der Waals surface area contributed by atoms with Gasteiger partial charge in [0.25, 0.3) is 0 Å². The first kappa shape index (κ1) is 9.80. The number of aromatic nitrogens is 1. The number of hydrogen-bond acceptors (Lipinski definition) is 2. The van der Waals surface area contributed by atoms with Crippen molar-refractivity contribution >= 4 is 0 Å². The van der Waals surface area contributed by atoms with Gasteiger partial charge in [-0.3, -0.25) is 4.98 Å². The van der Waals surface area contributed by atoms with Gasteiger partial charge in [-0.05, 0) is 24.3 Å². The van der Waals surface area contributed by atoms with Gasteiger partial charge in [-0.2, -0.15) is 0 Å². The van der Waals surface area contributed by atoms with Crippen LogP contribution in [0.15, 0.2) is 42.5 Å². The van der Waals surface area contributed by atoms with Crippen LogP contribution >= 0.6 is 0 Å². The Labute approximate surface area is 87.6 Å². The second-order valence-electron chi connectivity index (χ2n) is 3.20. The second kappa shape index (κ2) is 4.19. The van der Waals surface area contributed by atoms with E-state index < -0.39 is 0 Å². The van der Waals surface area contributed by atoms with Crippen LogP contribution in [0.3, 0.4) is 0 Å². The van der Waals surface area contributed by atoms with Gasteiger partial charge in [-0.25, -0.2) is 4.39 Å². The molecule has 2 rings (SSSR count). The molecule has 0 aliphatic heterocycles. The van der Waals surface area contributed by atoms with Gasteiger partial charge in [0.15, 0.2) is 0 Å². The van der Waals surface area contributed by atoms with Gasteiger partial charge < -0.3 is 5.73 Å². The lowest BCUT2D eigenvalue weighted by Gasteiger charge is -2.03. The van der Waals surface area contributed by atoms with E-state index >= 15 is 0 Å². The van der Waals surface area contributed by atoms with Gasteiger partial charge in [0.2, 0.25) is 0 Å². The molecule has 0 saturated carbocycles. The average molecular weight is 202 g/mol. The van der Waals surface area contributed by atoms with Crippen molar-refractivity contribution < 1.29 is 4.39 Å². The summed E-state index contributed by atoms with van der Waals surface area (Å²) in [5.74, 6) is -0.265. The molecule has 0 radical (unpaired) electrons. The molecule has 15 heavy (non-hydrogen) atoms. The van der Waals surface area contributed by atoms with E-state index in [1.807, 2.05) is 12.1 Å². The average Bonchev–Trinajstić information content (AvgIpc) is 2.30. The lowest BCUT2D eigenvalue weighted by atomic mass is 10.1. The topological polar surface area (TPSA) is 38.9 Å². The fraction of sp³-hybridized carbons (Fsp3) is 0.0833. The minimum Gasteiger partial charge on any atom is -0.325 e. The van der Waals surface area contributed by atoms with Gasteiger partial charge in [-0.1, -0.05) is 18.2 Å². The highest BCUT2D eigenvalue weighted by Crippen LogP contribution is 2.20. The minimum atomic E-state index is -0.265. The predicted molar refractivity (Wildman–Crippen MR) is 57.5 cm³/mol. The minimum absolute atomic E-state index is 0.265. The number of pyridine rings is 1. The number of rotatable bonds is 2. The fourth-order valence-corrected chi connectivity index (χ4v) is 1.41. The third-order valence-corrected chi connectivity index (χ3v) is 2.17. The SMILES string of the molecule is NCc1cccc(-c2ccccc2F)n1. The van der Waals surface area contributed by atoms with E-state index in [2.05, 4.69) is 4.98 Å². The van der Waals surface area contributed by atoms with E-state index in [4.69, 9.17) is 5.73 Å². The van der Waals surface area contributed by atoms with Crippen molar-refractivity contribution in [2.24, 2.45) is 5.73 Å². The maximum Gasteiger partial charge on any atom is 0.132 e. The van der Waals surface area contributed by atoms with Crippen molar-refractivity contribution in [1.82, 2.24) is 4.98 Å². The summed E-state index contributed by atoms with van der Waals surface area (Å²) in [4.78, 5) is 4.26. The highest BCUT2D eigenvalue weighted by molar-refractivity contribution is 5.59. The number of benzene rings is 1. The predicted octanol–water partition coefficient (Wildman–Crippen LogP) is 2.35. The molecule has 0 spiro atoms. The fourth-order valence-electron chi connectivity index (χ4n) is 1.41. The van der Waals surface area contributed by atoms with Crippen molar-refractivity contribution in [3.05, 3.63) is 54.0 Å². The summed E-state index contributed by atoms with van der Waals surface area (Å²) in [5.41, 5.74) is 7.37. The number of nitrogens with two attached hydrogens (primary N) is 1. The second-order valence-corrected chi connectivity index (χ2v) is 3.20. The molecule has 1 heterocycles. The molecule has 0 unspecified atom stereocenters. The molecule has 1 aromatic heterocycles. The first-order valence-electron chi connectivity index (χ1n) is 4.72. The third kappa shape index (κ3) is 2.02. The van der Waals surface area contributed by atoms with E-state index in [1.54, 1.807) is 24.3 Å². The van der Waals surface area contributed by atoms with E-state index in [9.17, 15) is 4.39 Å². The number of nitrogens with zero attached hydrogens (tertiary/aromatic N) is 1. The maximum atomic E-state index is 13.4. The summed E-state index contributed by atoms with van der Waals surface area (Å²) < 4.78 is 13.4. The lowest BCUT2D eigenvalue weighted by Crippen LogP contribution is -2.00. The van der Waals surface area contributed by atoms with Crippen LogP contribution in [0.5, 0.6) is 0 Å². The summed E-state index contributed by atoms with van der Waals surface area (Å²) in [6, 6.07) is 12.0. The Balaban J connectivity index is 2.49. The highest BCUT2D eigenvalue weighted by Gasteiger charge is 2.05. The molecule has 0 atom stereocenters. The Morgan fingerprint density at radius 2 is 1.87 bits per heavy atom. The molecular formula is C12H11FN2. The molecule has 0 amide bonds. The standard InChI is InChI=1S/C12H11FN2/c13-11-6-2-1-5-10(11)12-7-3-4-9(8-14)15-12/h1-7H,8,14H2. The molecule has 0 fully saturated rings. The van der Waals surface area contributed by atoms with Crippen molar-refractivity contribution in [1.29, 1.82) is 0 Å². The van der Waals surface area contributed by atoms with Gasteiger partial charge in [0, 0.05) is 12.1 Å². The maximum absolute atomic E-state index is 13.4. The molecule has 1 aromatic carbocycles. The number of halogens is 1. The van der Waals surface area contributed by atoms with Crippen LogP contribution in [0.4, 0.5) is 4.39 Å². The zero-order chi connectivity index (χ0) is 10.7. The Kier molecular flexibility index (Phi) is 2.74. The van der Waals surface area contributed by atoms with Crippen LogP contribution < -0.4 is 5.73 Å². The molecule has 76 valence electrons. The van der Waals surface area contributed by atoms with E-state index in [0.29, 0.717) is 17.8 Å². The first-order chi connectivity index (χ1) is 7.31. The zero-order valence-electron chi connectivity index (χ0n) is 8.15. The summed E-state index contributed by atoms with van der Waals surface area (Å²) in [6.07, 6.45) is 0. The highest BCUT2D eigenvalue weighted by atomic mass is 19.1. The van der Waals surface area contributed by atoms with Crippen LogP contribution in [0.2, 0.25) is 0 Å². The summed E-state index contributed by atoms with van der Waals surface area (Å²) in [6.45, 7) is 0.363. The van der Waals surface area contributed by atoms with E-state index in [-0.39, 0.29) is 5.82 Å². The largest absolute Gasteiger partial charge is 0.325 e. The van der Waals surface area contributed by atoms with Crippen molar-refractivity contribution in [3.63, 3.8) is 0 Å². The van der Waals surface area contributed by atoms with Crippen molar-refractivity contribution in [3.8, 4) is 11.3 Å². The Bertz CT molecular complexity index is 469. The van der Waals surface area contributed by atoms with Crippen LogP contribution in [0.25, 0.3) is 11.3 Å². The monoisotopic (exact) mass is 202 g/mol. The Hall–Kier alpha value is -1.74. The summed E-state index contributed by atoms with van der Waals surface area (Å²) in [5, 5.41) is 0. The molecule has 2 nitrogen and oxygen atoms in total. The van der Waals surface area contributed by atoms with Crippen LogP contribution in [0.1, 0.15) is 5.69 Å². The van der Waals surface area contributed by atoms with E-state index in [1.165, 1.54) is 6.07 Å². The number of hydrogen-bond donors (Lipinski definition) is 1. The van der Waals surface area contributed by atoms with Crippen LogP contribution in [0, 0.1) is 5.82 Å². The van der Waals surface area contributed by atoms with Gasteiger partial charge >= 0.3 is 0 Å². The quantitative estimate of drug-likeness (QED) is 0.811. The third-order valence-electron chi connectivity index (χ3n) is 2.17. The molecule has 2 N–H and O–H groups in total. The Morgan fingerprint density at radius 3 is 2.60 bits per heavy atom. The van der Waals surface area contributed by atoms with Gasteiger partial charge in [0.05, 0.1) is 11.4 Å². The molecule has 0 aliphatic carbocycles. The molecule has 3 heteroatoms. The molecular weight excluding hydrogens is 191 g/mol. The Morgan fingerprint density at radius 1 is 1.07 bits per heavy atom. The lowest BCUT2D eigenvalue weighted by molar-refractivity contribution is 0.630. The zero-order valence-corrected chi connectivity index (χ0v) is 8.15. The van der Waals surface area contributed by atoms with Crippen LogP contribution in [-0.4, -0.2) is 4.98 Å². The molecule has 0 aliphatic rings. The van der Waals surface area contributed by atoms with Crippen molar-refractivity contribution in [2.45, 2.75) is 6.54 Å². The van der Waals surface area contributed by atoms with Crippen molar-refractivity contribution in [2.75, 3.05) is 0 Å². The first-order valence-corrected chi connectivity index (χ1v) is 4.72. The molecule has 2 aromatic rings. The molecule has 0 saturated heterocycles. The summed E-state index contributed by atoms with van der Waals surface area (Å²) >= 11 is 0. The normalized spacial score (nSPS) is 10.3. The smallest absolute Gasteiger partial charge is 0.132 e. The van der Waals surface area contributed by atoms with Gasteiger partial charge in [0.1, 0.15) is 5.82 Å². The van der Waals surface area contributed by atoms with E-state index in [0.717, 1.165) is 5.69 Å². The molecule has 0 bridgehead atoms. The summed E-state index contributed by atoms with van der Waals surface area (Å²) in [7, 11) is 0. The van der Waals surface area contributed by atoms with Crippen LogP contribution in [-0.2, 0) is 6.54 Å². The van der Waals surface area contributed by atoms with Gasteiger partial charge in [-0.15, -0.1) is 0 Å².